The molecule has 1 fully saturated rings. The minimum atomic E-state index is -0.317. The molecule has 2 heteroatoms. The van der Waals surface area contributed by atoms with Gasteiger partial charge < -0.3 is 0 Å². The standard InChI is InChI=1S/C18H22F2/c19-15-9-10-17(20)16(13-15)18(11-5-2-6-12-18)14-7-3-1-4-8-14/h7,9-10,13H,1-6,8,11-12H2. The van der Waals surface area contributed by atoms with E-state index >= 15 is 0 Å². The maximum atomic E-state index is 14.4. The van der Waals surface area contributed by atoms with Gasteiger partial charge in [-0.25, -0.2) is 8.78 Å². The van der Waals surface area contributed by atoms with Gasteiger partial charge in [-0.05, 0) is 56.7 Å². The molecule has 0 N–H and O–H groups in total. The van der Waals surface area contributed by atoms with Gasteiger partial charge >= 0.3 is 0 Å². The highest BCUT2D eigenvalue weighted by molar-refractivity contribution is 5.39. The highest BCUT2D eigenvalue weighted by Crippen LogP contribution is 2.48. The fourth-order valence-electron chi connectivity index (χ4n) is 4.06. The molecule has 0 heterocycles. The summed E-state index contributed by atoms with van der Waals surface area (Å²) in [6.07, 6.45) is 12.3. The van der Waals surface area contributed by atoms with E-state index in [1.165, 1.54) is 43.0 Å². The minimum Gasteiger partial charge on any atom is -0.207 e. The number of rotatable bonds is 2. The molecule has 2 aliphatic rings. The van der Waals surface area contributed by atoms with Crippen LogP contribution in [0.2, 0.25) is 0 Å². The van der Waals surface area contributed by atoms with Crippen molar-refractivity contribution in [1.29, 1.82) is 0 Å². The Kier molecular flexibility index (Phi) is 3.91. The summed E-state index contributed by atoms with van der Waals surface area (Å²) in [7, 11) is 0. The van der Waals surface area contributed by atoms with Crippen LogP contribution >= 0.6 is 0 Å². The molecule has 0 unspecified atom stereocenters. The quantitative estimate of drug-likeness (QED) is 0.611. The Morgan fingerprint density at radius 1 is 0.900 bits per heavy atom. The van der Waals surface area contributed by atoms with Crippen LogP contribution in [0.4, 0.5) is 8.78 Å². The lowest BCUT2D eigenvalue weighted by Gasteiger charge is -2.41. The normalized spacial score (nSPS) is 22.4. The first kappa shape index (κ1) is 13.8. The van der Waals surface area contributed by atoms with Gasteiger partial charge in [0.1, 0.15) is 11.6 Å². The molecule has 0 radical (unpaired) electrons. The molecular weight excluding hydrogens is 254 g/mol. The van der Waals surface area contributed by atoms with E-state index in [0.717, 1.165) is 38.5 Å². The molecule has 1 saturated carbocycles. The van der Waals surface area contributed by atoms with E-state index in [1.54, 1.807) is 0 Å². The maximum absolute atomic E-state index is 14.4. The SMILES string of the molecule is Fc1ccc(F)c(C2(C3=CCCCC3)CCCCC2)c1. The van der Waals surface area contributed by atoms with Crippen molar-refractivity contribution in [2.45, 2.75) is 63.2 Å². The fraction of sp³-hybridized carbons (Fsp3) is 0.556. The van der Waals surface area contributed by atoms with Crippen molar-refractivity contribution in [3.8, 4) is 0 Å². The topological polar surface area (TPSA) is 0 Å². The lowest BCUT2D eigenvalue weighted by molar-refractivity contribution is 0.315. The molecule has 0 saturated heterocycles. The number of halogens is 2. The van der Waals surface area contributed by atoms with Crippen LogP contribution in [0.5, 0.6) is 0 Å². The van der Waals surface area contributed by atoms with Gasteiger partial charge in [-0.2, -0.15) is 0 Å². The zero-order valence-electron chi connectivity index (χ0n) is 11.9. The molecule has 20 heavy (non-hydrogen) atoms. The van der Waals surface area contributed by atoms with E-state index in [4.69, 9.17) is 0 Å². The van der Waals surface area contributed by atoms with Crippen molar-refractivity contribution < 1.29 is 8.78 Å². The van der Waals surface area contributed by atoms with Gasteiger partial charge in [0, 0.05) is 11.0 Å². The van der Waals surface area contributed by atoms with Crippen molar-refractivity contribution in [3.63, 3.8) is 0 Å². The summed E-state index contributed by atoms with van der Waals surface area (Å²) in [6.45, 7) is 0. The van der Waals surface area contributed by atoms with Gasteiger partial charge in [0.25, 0.3) is 0 Å². The van der Waals surface area contributed by atoms with Crippen LogP contribution in [0, 0.1) is 11.6 Å². The van der Waals surface area contributed by atoms with Gasteiger partial charge in [-0.3, -0.25) is 0 Å². The molecule has 2 aliphatic carbocycles. The van der Waals surface area contributed by atoms with Crippen LogP contribution in [0.3, 0.4) is 0 Å². The molecule has 0 nitrogen and oxygen atoms in total. The summed E-state index contributed by atoms with van der Waals surface area (Å²) in [5, 5.41) is 0. The molecule has 0 bridgehead atoms. The lowest BCUT2D eigenvalue weighted by Crippen LogP contribution is -2.33. The number of hydrogen-bond acceptors (Lipinski definition) is 0. The predicted octanol–water partition coefficient (Wildman–Crippen LogP) is 5.67. The van der Waals surface area contributed by atoms with E-state index in [2.05, 4.69) is 6.08 Å². The second kappa shape index (κ2) is 5.67. The van der Waals surface area contributed by atoms with Gasteiger partial charge in [-0.1, -0.05) is 30.9 Å². The highest BCUT2D eigenvalue weighted by Gasteiger charge is 2.39. The molecule has 3 rings (SSSR count). The first-order valence-electron chi connectivity index (χ1n) is 7.87. The number of benzene rings is 1. The molecule has 1 aromatic rings. The number of hydrogen-bond donors (Lipinski definition) is 0. The van der Waals surface area contributed by atoms with Crippen LogP contribution in [0.25, 0.3) is 0 Å². The molecule has 0 aliphatic heterocycles. The van der Waals surface area contributed by atoms with Crippen molar-refractivity contribution in [1.82, 2.24) is 0 Å². The molecule has 0 atom stereocenters. The zero-order chi connectivity index (χ0) is 14.0. The Morgan fingerprint density at radius 2 is 1.70 bits per heavy atom. The fourth-order valence-corrected chi connectivity index (χ4v) is 4.06. The first-order chi connectivity index (χ1) is 9.72. The van der Waals surface area contributed by atoms with Crippen LogP contribution in [-0.4, -0.2) is 0 Å². The summed E-state index contributed by atoms with van der Waals surface area (Å²) in [5.74, 6) is -0.553. The van der Waals surface area contributed by atoms with Crippen LogP contribution in [-0.2, 0) is 5.41 Å². The summed E-state index contributed by atoms with van der Waals surface area (Å²) >= 11 is 0. The Bertz CT molecular complexity index is 510. The van der Waals surface area contributed by atoms with Crippen LogP contribution < -0.4 is 0 Å². The van der Waals surface area contributed by atoms with Crippen molar-refractivity contribution in [2.75, 3.05) is 0 Å². The van der Waals surface area contributed by atoms with Gasteiger partial charge in [0.05, 0.1) is 0 Å². The third-order valence-corrected chi connectivity index (χ3v) is 5.06. The summed E-state index contributed by atoms with van der Waals surface area (Å²) < 4.78 is 28.0. The second-order valence-electron chi connectivity index (χ2n) is 6.24. The van der Waals surface area contributed by atoms with E-state index in [1.807, 2.05) is 0 Å². The van der Waals surface area contributed by atoms with E-state index < -0.39 is 0 Å². The minimum absolute atomic E-state index is 0.231. The average molecular weight is 276 g/mol. The van der Waals surface area contributed by atoms with E-state index in [0.29, 0.717) is 5.56 Å². The molecule has 0 amide bonds. The Morgan fingerprint density at radius 3 is 2.40 bits per heavy atom. The summed E-state index contributed by atoms with van der Waals surface area (Å²) in [5.41, 5.74) is 1.74. The van der Waals surface area contributed by atoms with E-state index in [9.17, 15) is 8.78 Å². The third kappa shape index (κ3) is 2.41. The average Bonchev–Trinajstić information content (AvgIpc) is 2.51. The Labute approximate surface area is 119 Å². The van der Waals surface area contributed by atoms with E-state index in [-0.39, 0.29) is 17.0 Å². The Balaban J connectivity index is 2.09. The molecular formula is C18H22F2. The molecule has 0 spiro atoms. The van der Waals surface area contributed by atoms with Gasteiger partial charge in [0.2, 0.25) is 0 Å². The highest BCUT2D eigenvalue weighted by atomic mass is 19.1. The largest absolute Gasteiger partial charge is 0.207 e. The van der Waals surface area contributed by atoms with Crippen molar-refractivity contribution in [2.24, 2.45) is 0 Å². The summed E-state index contributed by atoms with van der Waals surface area (Å²) in [4.78, 5) is 0. The lowest BCUT2D eigenvalue weighted by atomic mass is 9.62. The smallest absolute Gasteiger partial charge is 0.127 e. The zero-order valence-corrected chi connectivity index (χ0v) is 11.9. The second-order valence-corrected chi connectivity index (χ2v) is 6.24. The molecule has 1 aromatic carbocycles. The van der Waals surface area contributed by atoms with Gasteiger partial charge in [-0.15, -0.1) is 0 Å². The summed E-state index contributed by atoms with van der Waals surface area (Å²) in [6, 6.07) is 3.96. The number of allylic oxidation sites excluding steroid dienone is 2. The van der Waals surface area contributed by atoms with Crippen LogP contribution in [0.1, 0.15) is 63.4 Å². The van der Waals surface area contributed by atoms with Crippen molar-refractivity contribution >= 4 is 0 Å². The van der Waals surface area contributed by atoms with Gasteiger partial charge in [0.15, 0.2) is 0 Å². The molecule has 108 valence electrons. The monoisotopic (exact) mass is 276 g/mol. The predicted molar refractivity (Wildman–Crippen MR) is 77.7 cm³/mol. The van der Waals surface area contributed by atoms with Crippen molar-refractivity contribution in [3.05, 3.63) is 47.0 Å². The Hall–Kier alpha value is -1.18. The molecule has 0 aromatic heterocycles. The maximum Gasteiger partial charge on any atom is 0.127 e. The van der Waals surface area contributed by atoms with Crippen LogP contribution in [0.15, 0.2) is 29.8 Å². The first-order valence-corrected chi connectivity index (χ1v) is 7.87. The third-order valence-electron chi connectivity index (χ3n) is 5.06.